The third kappa shape index (κ3) is 8.51. The first-order valence-electron chi connectivity index (χ1n) is 10.9. The average molecular weight is 422 g/mol. The lowest BCUT2D eigenvalue weighted by molar-refractivity contribution is -0.138. The van der Waals surface area contributed by atoms with Crippen LogP contribution in [-0.2, 0) is 9.59 Å². The van der Waals surface area contributed by atoms with Crippen LogP contribution in [-0.4, -0.2) is 41.0 Å². The van der Waals surface area contributed by atoms with Crippen molar-refractivity contribution < 1.29 is 18.5 Å². The van der Waals surface area contributed by atoms with E-state index in [1.54, 1.807) is 23.3 Å². The minimum Gasteiger partial charge on any atom is -0.365 e. The van der Waals surface area contributed by atoms with Gasteiger partial charge in [0, 0.05) is 31.1 Å². The first kappa shape index (κ1) is 25.6. The van der Waals surface area contributed by atoms with Crippen molar-refractivity contribution in [2.75, 3.05) is 13.1 Å². The summed E-state index contributed by atoms with van der Waals surface area (Å²) in [5, 5.41) is 6.32. The zero-order valence-corrected chi connectivity index (χ0v) is 18.9. The highest BCUT2D eigenvalue weighted by Crippen LogP contribution is 2.21. The van der Waals surface area contributed by atoms with Gasteiger partial charge < -0.3 is 14.7 Å². The maximum absolute atomic E-state index is 13.6. The van der Waals surface area contributed by atoms with Crippen molar-refractivity contribution in [1.29, 1.82) is 0 Å². The molecule has 1 N–H and O–H groups in total. The summed E-state index contributed by atoms with van der Waals surface area (Å²) >= 11 is 0. The minimum absolute atomic E-state index is 0.0376. The predicted molar refractivity (Wildman–Crippen MR) is 116 cm³/mol. The third-order valence-electron chi connectivity index (χ3n) is 4.67. The topological polar surface area (TPSA) is 75.4 Å². The third-order valence-corrected chi connectivity index (χ3v) is 4.67. The number of hydrogen-bond donors (Lipinski definition) is 1. The molecule has 0 radical (unpaired) electrons. The van der Waals surface area contributed by atoms with Gasteiger partial charge in [0.15, 0.2) is 0 Å². The number of hydrogen-bond acceptors (Lipinski definition) is 4. The van der Waals surface area contributed by atoms with E-state index in [1.807, 2.05) is 40.7 Å². The molecule has 1 saturated heterocycles. The van der Waals surface area contributed by atoms with Crippen molar-refractivity contribution in [1.82, 2.24) is 15.4 Å². The van der Waals surface area contributed by atoms with Gasteiger partial charge in [-0.3, -0.25) is 9.59 Å². The fourth-order valence-electron chi connectivity index (χ4n) is 3.23. The molecule has 0 saturated carbocycles. The van der Waals surface area contributed by atoms with E-state index in [1.165, 1.54) is 0 Å². The van der Waals surface area contributed by atoms with Gasteiger partial charge in [-0.15, -0.1) is 0 Å². The van der Waals surface area contributed by atoms with E-state index in [4.69, 9.17) is 0 Å². The molecule has 168 valence electrons. The number of amides is 2. The average Bonchev–Trinajstić information content (AvgIpc) is 3.40. The van der Waals surface area contributed by atoms with Crippen LogP contribution in [0.1, 0.15) is 65.5 Å². The Morgan fingerprint density at radius 1 is 1.30 bits per heavy atom. The van der Waals surface area contributed by atoms with Crippen molar-refractivity contribution in [3.63, 3.8) is 0 Å². The molecule has 6 nitrogen and oxygen atoms in total. The second-order valence-electron chi connectivity index (χ2n) is 7.56. The van der Waals surface area contributed by atoms with Crippen LogP contribution in [0, 0.1) is 12.8 Å². The SMILES string of the molecule is CC.CC(C)CC(=O)N1CCCC1C(=O)NCC1=CCCC=C1F.Cc1ccon1. The second kappa shape index (κ2) is 13.7. The number of carbonyl (C=O) groups is 2. The lowest BCUT2D eigenvalue weighted by Crippen LogP contribution is -2.46. The molecule has 1 fully saturated rings. The summed E-state index contributed by atoms with van der Waals surface area (Å²) in [7, 11) is 0. The van der Waals surface area contributed by atoms with Crippen molar-refractivity contribution >= 4 is 11.8 Å². The molecule has 7 heteroatoms. The Morgan fingerprint density at radius 3 is 2.53 bits per heavy atom. The molecule has 1 aromatic heterocycles. The van der Waals surface area contributed by atoms with E-state index in [0.717, 1.165) is 18.5 Å². The van der Waals surface area contributed by atoms with E-state index < -0.39 is 6.04 Å². The van der Waals surface area contributed by atoms with Gasteiger partial charge in [-0.2, -0.15) is 0 Å². The van der Waals surface area contributed by atoms with Crippen LogP contribution < -0.4 is 5.32 Å². The molecule has 2 amide bonds. The maximum atomic E-state index is 13.6. The summed E-state index contributed by atoms with van der Waals surface area (Å²) in [5.74, 6) is -0.0985. The van der Waals surface area contributed by atoms with E-state index in [0.29, 0.717) is 31.4 Å². The van der Waals surface area contributed by atoms with Gasteiger partial charge in [0.25, 0.3) is 0 Å². The summed E-state index contributed by atoms with van der Waals surface area (Å²) in [6, 6.07) is 1.41. The minimum atomic E-state index is -0.400. The van der Waals surface area contributed by atoms with E-state index in [9.17, 15) is 14.0 Å². The largest absolute Gasteiger partial charge is 0.365 e. The first-order chi connectivity index (χ1) is 14.4. The summed E-state index contributed by atoms with van der Waals surface area (Å²) in [5.41, 5.74) is 1.47. The number of aromatic nitrogens is 1. The van der Waals surface area contributed by atoms with Crippen molar-refractivity contribution in [2.24, 2.45) is 5.92 Å². The molecule has 1 aliphatic heterocycles. The van der Waals surface area contributed by atoms with Crippen LogP contribution >= 0.6 is 0 Å². The molecular weight excluding hydrogens is 385 g/mol. The quantitative estimate of drug-likeness (QED) is 0.746. The second-order valence-corrected chi connectivity index (χ2v) is 7.56. The number of carbonyl (C=O) groups excluding carboxylic acids is 2. The number of nitrogens with one attached hydrogen (secondary N) is 1. The summed E-state index contributed by atoms with van der Waals surface area (Å²) in [6.45, 7) is 10.7. The molecule has 1 aromatic rings. The van der Waals surface area contributed by atoms with Gasteiger partial charge in [0.1, 0.15) is 18.1 Å². The van der Waals surface area contributed by atoms with Crippen molar-refractivity contribution in [3.05, 3.63) is 41.6 Å². The molecule has 30 heavy (non-hydrogen) atoms. The predicted octanol–water partition coefficient (Wildman–Crippen LogP) is 4.72. The maximum Gasteiger partial charge on any atom is 0.243 e. The number of halogens is 1. The van der Waals surface area contributed by atoms with E-state index >= 15 is 0 Å². The monoisotopic (exact) mass is 421 g/mol. The fourth-order valence-corrected chi connectivity index (χ4v) is 3.23. The zero-order valence-electron chi connectivity index (χ0n) is 18.9. The normalized spacial score (nSPS) is 17.8. The van der Waals surface area contributed by atoms with E-state index in [2.05, 4.69) is 15.0 Å². The number of rotatable bonds is 5. The Kier molecular flexibility index (Phi) is 11.7. The highest BCUT2D eigenvalue weighted by atomic mass is 19.1. The zero-order chi connectivity index (χ0) is 22.5. The Morgan fingerprint density at radius 2 is 2.00 bits per heavy atom. The van der Waals surface area contributed by atoms with Gasteiger partial charge >= 0.3 is 0 Å². The van der Waals surface area contributed by atoms with Gasteiger partial charge in [-0.1, -0.05) is 38.9 Å². The Bertz CT molecular complexity index is 711. The number of allylic oxidation sites excluding steroid dienone is 2. The van der Waals surface area contributed by atoms with E-state index in [-0.39, 0.29) is 30.1 Å². The highest BCUT2D eigenvalue weighted by Gasteiger charge is 2.33. The van der Waals surface area contributed by atoms with Gasteiger partial charge in [0.2, 0.25) is 11.8 Å². The molecule has 1 unspecified atom stereocenters. The molecule has 1 aliphatic carbocycles. The number of likely N-dealkylation sites (tertiary alicyclic amines) is 1. The van der Waals surface area contributed by atoms with Crippen LogP contribution in [0.2, 0.25) is 0 Å². The lowest BCUT2D eigenvalue weighted by atomic mass is 10.1. The summed E-state index contributed by atoms with van der Waals surface area (Å²) < 4.78 is 18.1. The fraction of sp³-hybridized carbons (Fsp3) is 0.609. The van der Waals surface area contributed by atoms with Gasteiger partial charge in [-0.05, 0) is 44.6 Å². The molecule has 2 aliphatic rings. The van der Waals surface area contributed by atoms with Gasteiger partial charge in [-0.25, -0.2) is 4.39 Å². The van der Waals surface area contributed by atoms with Gasteiger partial charge in [0.05, 0.1) is 5.69 Å². The molecule has 0 aromatic carbocycles. The van der Waals surface area contributed by atoms with Crippen LogP contribution in [0.5, 0.6) is 0 Å². The van der Waals surface area contributed by atoms with Crippen LogP contribution in [0.3, 0.4) is 0 Å². The highest BCUT2D eigenvalue weighted by molar-refractivity contribution is 5.88. The standard InChI is InChI=1S/C17H25FN2O2.C4H5NO.C2H6/c1-12(2)10-16(21)20-9-5-8-15(20)17(22)19-11-13-6-3-4-7-14(13)18;1-4-2-3-6-5-4;1-2/h6-7,12,15H,3-5,8-11H2,1-2H3,(H,19,22);2-3H,1H3;1-2H3. The molecule has 0 spiro atoms. The Hall–Kier alpha value is -2.44. The molecule has 1 atom stereocenters. The molecule has 2 heterocycles. The Balaban J connectivity index is 0.000000474. The summed E-state index contributed by atoms with van der Waals surface area (Å²) in [4.78, 5) is 26.2. The van der Waals surface area contributed by atoms with Crippen LogP contribution in [0.25, 0.3) is 0 Å². The van der Waals surface area contributed by atoms with Crippen molar-refractivity contribution in [2.45, 2.75) is 72.8 Å². The molecular formula is C23H36FN3O3. The van der Waals surface area contributed by atoms with Crippen LogP contribution in [0.4, 0.5) is 4.39 Å². The number of nitrogens with zero attached hydrogens (tertiary/aromatic N) is 2. The molecule has 0 bridgehead atoms. The Labute approximate surface area is 179 Å². The van der Waals surface area contributed by atoms with Crippen LogP contribution in [0.15, 0.2) is 40.4 Å². The van der Waals surface area contributed by atoms with Crippen molar-refractivity contribution in [3.8, 4) is 0 Å². The molecule has 3 rings (SSSR count). The number of aryl methyl sites for hydroxylation is 1. The lowest BCUT2D eigenvalue weighted by Gasteiger charge is -2.25. The summed E-state index contributed by atoms with van der Waals surface area (Å²) in [6.07, 6.45) is 8.44. The smallest absolute Gasteiger partial charge is 0.243 e. The first-order valence-corrected chi connectivity index (χ1v) is 10.9.